The van der Waals surface area contributed by atoms with Gasteiger partial charge in [0, 0.05) is 0 Å². The summed E-state index contributed by atoms with van der Waals surface area (Å²) in [7, 11) is 4.36. The van der Waals surface area contributed by atoms with Gasteiger partial charge in [-0.2, -0.15) is 0 Å². The van der Waals surface area contributed by atoms with E-state index in [1.165, 1.54) is 4.90 Å². The SMILES string of the molecule is COC(=O)C1=C(C(=O)OC)C(C(=O)OC)N2C(=C1C(=O)OC)Oc1ccccc12. The Morgan fingerprint density at radius 2 is 1.41 bits per heavy atom. The molecule has 10 nitrogen and oxygen atoms in total. The van der Waals surface area contributed by atoms with Crippen LogP contribution in [0.1, 0.15) is 0 Å². The van der Waals surface area contributed by atoms with Gasteiger partial charge in [0.05, 0.1) is 45.3 Å². The third kappa shape index (κ3) is 2.98. The van der Waals surface area contributed by atoms with Crippen LogP contribution >= 0.6 is 0 Å². The molecule has 3 rings (SSSR count). The Bertz CT molecular complexity index is 976. The number of para-hydroxylation sites is 2. The van der Waals surface area contributed by atoms with Crippen LogP contribution in [-0.4, -0.2) is 58.4 Å². The van der Waals surface area contributed by atoms with E-state index in [2.05, 4.69) is 0 Å². The maximum Gasteiger partial charge on any atom is 0.344 e. The number of rotatable bonds is 4. The molecule has 0 saturated carbocycles. The summed E-state index contributed by atoms with van der Waals surface area (Å²) in [6, 6.07) is 5.10. The average Bonchev–Trinajstić information content (AvgIpc) is 3.14. The fourth-order valence-corrected chi connectivity index (χ4v) is 3.20. The molecule has 1 aromatic rings. The van der Waals surface area contributed by atoms with E-state index in [0.717, 1.165) is 28.4 Å². The summed E-state index contributed by atoms with van der Waals surface area (Å²) in [4.78, 5) is 51.8. The first kappa shape index (κ1) is 19.9. The smallest absolute Gasteiger partial charge is 0.344 e. The maximum atomic E-state index is 12.7. The molecule has 0 saturated heterocycles. The summed E-state index contributed by atoms with van der Waals surface area (Å²) >= 11 is 0. The molecular formula is C19H17NO9. The normalized spacial score (nSPS) is 17.1. The minimum absolute atomic E-state index is 0.165. The Hall–Kier alpha value is -3.82. The summed E-state index contributed by atoms with van der Waals surface area (Å²) < 4.78 is 24.9. The Kier molecular flexibility index (Phi) is 5.26. The topological polar surface area (TPSA) is 118 Å². The molecule has 152 valence electrons. The van der Waals surface area contributed by atoms with Crippen molar-refractivity contribution in [2.75, 3.05) is 33.3 Å². The van der Waals surface area contributed by atoms with Gasteiger partial charge < -0.3 is 23.7 Å². The Labute approximate surface area is 165 Å². The predicted octanol–water partition coefficient (Wildman–Crippen LogP) is 0.468. The second-order valence-electron chi connectivity index (χ2n) is 5.81. The van der Waals surface area contributed by atoms with Crippen LogP contribution in [0, 0.1) is 0 Å². The molecular weight excluding hydrogens is 386 g/mol. The minimum atomic E-state index is -1.46. The second-order valence-corrected chi connectivity index (χ2v) is 5.81. The number of carbonyl (C=O) groups is 4. The van der Waals surface area contributed by atoms with Gasteiger partial charge in [-0.05, 0) is 12.1 Å². The summed E-state index contributed by atoms with van der Waals surface area (Å²) in [5.41, 5.74) is -0.933. The van der Waals surface area contributed by atoms with Crippen molar-refractivity contribution in [1.82, 2.24) is 0 Å². The van der Waals surface area contributed by atoms with Crippen LogP contribution in [0.3, 0.4) is 0 Å². The Balaban J connectivity index is 2.43. The van der Waals surface area contributed by atoms with Gasteiger partial charge in [-0.25, -0.2) is 19.2 Å². The zero-order valence-corrected chi connectivity index (χ0v) is 16.0. The molecule has 2 heterocycles. The van der Waals surface area contributed by atoms with Gasteiger partial charge in [-0.1, -0.05) is 12.1 Å². The molecule has 0 bridgehead atoms. The summed E-state index contributed by atoms with van der Waals surface area (Å²) in [6.45, 7) is 0. The van der Waals surface area contributed by atoms with E-state index in [4.69, 9.17) is 23.7 Å². The van der Waals surface area contributed by atoms with Crippen LogP contribution in [0.4, 0.5) is 5.69 Å². The second kappa shape index (κ2) is 7.66. The molecule has 0 radical (unpaired) electrons. The van der Waals surface area contributed by atoms with Crippen LogP contribution < -0.4 is 9.64 Å². The quantitative estimate of drug-likeness (QED) is 0.518. The van der Waals surface area contributed by atoms with Gasteiger partial charge >= 0.3 is 23.9 Å². The maximum absolute atomic E-state index is 12.7. The first-order chi connectivity index (χ1) is 13.9. The Morgan fingerprint density at radius 3 is 2.00 bits per heavy atom. The van der Waals surface area contributed by atoms with Crippen molar-refractivity contribution in [3.8, 4) is 5.75 Å². The molecule has 0 aromatic heterocycles. The van der Waals surface area contributed by atoms with Crippen molar-refractivity contribution >= 4 is 29.6 Å². The molecule has 1 aromatic carbocycles. The van der Waals surface area contributed by atoms with Crippen molar-refractivity contribution < 1.29 is 42.9 Å². The number of fused-ring (bicyclic) bond motifs is 3. The van der Waals surface area contributed by atoms with Crippen molar-refractivity contribution in [2.45, 2.75) is 6.04 Å². The molecule has 0 N–H and O–H groups in total. The van der Waals surface area contributed by atoms with E-state index >= 15 is 0 Å². The summed E-state index contributed by atoms with van der Waals surface area (Å²) in [5.74, 6) is -3.79. The summed E-state index contributed by atoms with van der Waals surface area (Å²) in [6.07, 6.45) is 0. The van der Waals surface area contributed by atoms with E-state index in [-0.39, 0.29) is 11.5 Å². The molecule has 0 amide bonds. The lowest BCUT2D eigenvalue weighted by Crippen LogP contribution is -2.49. The molecule has 2 aliphatic rings. The van der Waals surface area contributed by atoms with E-state index in [9.17, 15) is 19.2 Å². The van der Waals surface area contributed by atoms with Gasteiger partial charge in [0.1, 0.15) is 5.57 Å². The predicted molar refractivity (Wildman–Crippen MR) is 95.5 cm³/mol. The fraction of sp³-hybridized carbons (Fsp3) is 0.263. The highest BCUT2D eigenvalue weighted by Gasteiger charge is 2.52. The third-order valence-electron chi connectivity index (χ3n) is 4.42. The standard InChI is InChI=1S/C19H17NO9/c1-25-16(21)11-12(17(22)26-2)14(19(24)28-4)20-9-7-5-6-8-10(9)29-15(20)13(11)18(23)27-3/h5-8,14H,1-4H3. The lowest BCUT2D eigenvalue weighted by Gasteiger charge is -2.33. The molecule has 0 aliphatic carbocycles. The number of benzene rings is 1. The molecule has 1 unspecified atom stereocenters. The zero-order chi connectivity index (χ0) is 21.3. The van der Waals surface area contributed by atoms with Crippen LogP contribution in [-0.2, 0) is 38.1 Å². The molecule has 2 aliphatic heterocycles. The highest BCUT2D eigenvalue weighted by molar-refractivity contribution is 6.17. The van der Waals surface area contributed by atoms with Crippen LogP contribution in [0.15, 0.2) is 46.9 Å². The largest absolute Gasteiger partial charge is 0.467 e. The van der Waals surface area contributed by atoms with Crippen molar-refractivity contribution in [1.29, 1.82) is 0 Å². The van der Waals surface area contributed by atoms with Gasteiger partial charge in [0.15, 0.2) is 11.8 Å². The van der Waals surface area contributed by atoms with Crippen molar-refractivity contribution in [2.24, 2.45) is 0 Å². The number of methoxy groups -OCH3 is 4. The zero-order valence-electron chi connectivity index (χ0n) is 16.0. The van der Waals surface area contributed by atoms with E-state index in [1.807, 2.05) is 0 Å². The van der Waals surface area contributed by atoms with Gasteiger partial charge in [0.25, 0.3) is 0 Å². The van der Waals surface area contributed by atoms with E-state index in [0.29, 0.717) is 11.4 Å². The molecule has 1 atom stereocenters. The fourth-order valence-electron chi connectivity index (χ4n) is 3.20. The highest BCUT2D eigenvalue weighted by atomic mass is 16.5. The Morgan fingerprint density at radius 1 is 0.828 bits per heavy atom. The number of ether oxygens (including phenoxy) is 5. The van der Waals surface area contributed by atoms with E-state index in [1.54, 1.807) is 24.3 Å². The summed E-state index contributed by atoms with van der Waals surface area (Å²) in [5, 5.41) is 0. The van der Waals surface area contributed by atoms with E-state index < -0.39 is 41.1 Å². The van der Waals surface area contributed by atoms with Crippen molar-refractivity contribution in [3.63, 3.8) is 0 Å². The third-order valence-corrected chi connectivity index (χ3v) is 4.42. The molecule has 0 fully saturated rings. The number of esters is 4. The van der Waals surface area contributed by atoms with Crippen molar-refractivity contribution in [3.05, 3.63) is 46.9 Å². The van der Waals surface area contributed by atoms with Crippen LogP contribution in [0.5, 0.6) is 5.75 Å². The number of hydrogen-bond donors (Lipinski definition) is 0. The monoisotopic (exact) mass is 403 g/mol. The first-order valence-corrected chi connectivity index (χ1v) is 8.28. The average molecular weight is 403 g/mol. The number of nitrogens with zero attached hydrogens (tertiary/aromatic N) is 1. The minimum Gasteiger partial charge on any atom is -0.467 e. The number of carbonyl (C=O) groups excluding carboxylic acids is 4. The molecule has 0 spiro atoms. The first-order valence-electron chi connectivity index (χ1n) is 8.28. The molecule has 10 heteroatoms. The lowest BCUT2D eigenvalue weighted by atomic mass is 9.89. The van der Waals surface area contributed by atoms with Crippen LogP contribution in [0.25, 0.3) is 0 Å². The number of anilines is 1. The molecule has 29 heavy (non-hydrogen) atoms. The highest BCUT2D eigenvalue weighted by Crippen LogP contribution is 2.47. The van der Waals surface area contributed by atoms with Gasteiger partial charge in [-0.3, -0.25) is 4.90 Å². The lowest BCUT2D eigenvalue weighted by molar-refractivity contribution is -0.145. The number of hydrogen-bond acceptors (Lipinski definition) is 10. The van der Waals surface area contributed by atoms with Gasteiger partial charge in [0.2, 0.25) is 5.88 Å². The van der Waals surface area contributed by atoms with Gasteiger partial charge in [-0.15, -0.1) is 0 Å². The van der Waals surface area contributed by atoms with Crippen LogP contribution in [0.2, 0.25) is 0 Å².